The Morgan fingerprint density at radius 2 is 2.17 bits per heavy atom. The Kier molecular flexibility index (Phi) is 3.85. The highest BCUT2D eigenvalue weighted by Gasteiger charge is 2.30. The largest absolute Gasteiger partial charge is 0.350 e. The monoisotopic (exact) mass is 273 g/mol. The van der Waals surface area contributed by atoms with Gasteiger partial charge >= 0.3 is 0 Å². The Labute approximate surface area is 109 Å². The number of benzene rings is 1. The van der Waals surface area contributed by atoms with Crippen LogP contribution in [0.2, 0.25) is 0 Å². The zero-order chi connectivity index (χ0) is 13.3. The van der Waals surface area contributed by atoms with Gasteiger partial charge in [-0.15, -0.1) is 11.6 Å². The van der Waals surface area contributed by atoms with Crippen LogP contribution in [0.5, 0.6) is 0 Å². The Bertz CT molecular complexity index is 474. The molecule has 1 aromatic carbocycles. The summed E-state index contributed by atoms with van der Waals surface area (Å²) >= 11 is 6.02. The van der Waals surface area contributed by atoms with Gasteiger partial charge in [-0.2, -0.15) is 0 Å². The highest BCUT2D eigenvalue weighted by atomic mass is 35.5. The van der Waals surface area contributed by atoms with E-state index in [1.807, 2.05) is 0 Å². The van der Waals surface area contributed by atoms with Gasteiger partial charge in [0.1, 0.15) is 17.2 Å². The molecule has 0 aromatic heterocycles. The molecule has 0 radical (unpaired) electrons. The summed E-state index contributed by atoms with van der Waals surface area (Å²) < 4.78 is 27.1. The van der Waals surface area contributed by atoms with E-state index in [4.69, 9.17) is 11.6 Å². The molecule has 18 heavy (non-hydrogen) atoms. The smallest absolute Gasteiger partial charge is 0.257 e. The predicted molar refractivity (Wildman–Crippen MR) is 65.8 cm³/mol. The quantitative estimate of drug-likeness (QED) is 0.840. The fourth-order valence-electron chi connectivity index (χ4n) is 1.77. The summed E-state index contributed by atoms with van der Waals surface area (Å²) in [6.07, 6.45) is 2.11. The van der Waals surface area contributed by atoms with Crippen LogP contribution in [0.15, 0.2) is 12.1 Å². The molecular weight excluding hydrogens is 260 g/mol. The second-order valence-electron chi connectivity index (χ2n) is 4.62. The SMILES string of the molecule is Cc1ccc(F)c(C(=O)NCC(Cl)C2CC2)c1F. The van der Waals surface area contributed by atoms with Gasteiger partial charge in [-0.3, -0.25) is 4.79 Å². The van der Waals surface area contributed by atoms with E-state index in [2.05, 4.69) is 5.32 Å². The normalized spacial score (nSPS) is 16.4. The lowest BCUT2D eigenvalue weighted by molar-refractivity contribution is 0.0944. The molecule has 0 bridgehead atoms. The summed E-state index contributed by atoms with van der Waals surface area (Å²) in [6, 6.07) is 2.39. The first-order valence-electron chi connectivity index (χ1n) is 5.87. The van der Waals surface area contributed by atoms with Crippen molar-refractivity contribution in [2.75, 3.05) is 6.54 Å². The maximum absolute atomic E-state index is 13.7. The van der Waals surface area contributed by atoms with Crippen LogP contribution in [-0.2, 0) is 0 Å². The van der Waals surface area contributed by atoms with Crippen molar-refractivity contribution in [2.45, 2.75) is 25.1 Å². The molecule has 1 aliphatic rings. The van der Waals surface area contributed by atoms with Crippen molar-refractivity contribution in [3.8, 4) is 0 Å². The van der Waals surface area contributed by atoms with Crippen molar-refractivity contribution in [2.24, 2.45) is 5.92 Å². The Balaban J connectivity index is 2.06. The molecule has 0 spiro atoms. The number of carbonyl (C=O) groups is 1. The van der Waals surface area contributed by atoms with Crippen LogP contribution < -0.4 is 5.32 Å². The Morgan fingerprint density at radius 3 is 2.78 bits per heavy atom. The van der Waals surface area contributed by atoms with Crippen LogP contribution in [0.25, 0.3) is 0 Å². The zero-order valence-corrected chi connectivity index (χ0v) is 10.7. The molecule has 1 atom stereocenters. The number of alkyl halides is 1. The standard InChI is InChI=1S/C13H14ClF2NO/c1-7-2-5-10(15)11(12(7)16)13(18)17-6-9(14)8-3-4-8/h2,5,8-9H,3-4,6H2,1H3,(H,17,18). The van der Waals surface area contributed by atoms with Gasteiger partial charge in [0.25, 0.3) is 5.91 Å². The highest BCUT2D eigenvalue weighted by Crippen LogP contribution is 2.35. The third-order valence-corrected chi connectivity index (χ3v) is 3.61. The third-order valence-electron chi connectivity index (χ3n) is 3.10. The Morgan fingerprint density at radius 1 is 1.50 bits per heavy atom. The number of aryl methyl sites for hydroxylation is 1. The number of rotatable bonds is 4. The minimum atomic E-state index is -0.854. The molecule has 98 valence electrons. The van der Waals surface area contributed by atoms with Gasteiger partial charge in [0.2, 0.25) is 0 Å². The minimum absolute atomic E-state index is 0.162. The van der Waals surface area contributed by atoms with Gasteiger partial charge in [-0.1, -0.05) is 6.07 Å². The van der Waals surface area contributed by atoms with E-state index in [1.54, 1.807) is 0 Å². The van der Waals surface area contributed by atoms with Gasteiger partial charge in [-0.25, -0.2) is 8.78 Å². The van der Waals surface area contributed by atoms with Gasteiger partial charge < -0.3 is 5.32 Å². The molecule has 5 heteroatoms. The molecule has 1 unspecified atom stereocenters. The summed E-state index contributed by atoms with van der Waals surface area (Å²) in [5.41, 5.74) is -0.291. The van der Waals surface area contributed by atoms with Crippen molar-refractivity contribution in [1.29, 1.82) is 0 Å². The van der Waals surface area contributed by atoms with Crippen molar-refractivity contribution in [3.63, 3.8) is 0 Å². The second-order valence-corrected chi connectivity index (χ2v) is 5.18. The molecule has 0 aliphatic heterocycles. The van der Waals surface area contributed by atoms with E-state index in [-0.39, 0.29) is 17.5 Å². The molecular formula is C13H14ClF2NO. The second kappa shape index (κ2) is 5.22. The minimum Gasteiger partial charge on any atom is -0.350 e. The van der Waals surface area contributed by atoms with Crippen molar-refractivity contribution in [3.05, 3.63) is 34.9 Å². The van der Waals surface area contributed by atoms with E-state index < -0.39 is 23.1 Å². The average molecular weight is 274 g/mol. The lowest BCUT2D eigenvalue weighted by atomic mass is 10.1. The first kappa shape index (κ1) is 13.3. The van der Waals surface area contributed by atoms with Crippen LogP contribution in [-0.4, -0.2) is 17.8 Å². The molecule has 1 saturated carbocycles. The van der Waals surface area contributed by atoms with Crippen LogP contribution in [0, 0.1) is 24.5 Å². The molecule has 0 heterocycles. The maximum atomic E-state index is 13.7. The first-order valence-corrected chi connectivity index (χ1v) is 6.31. The van der Waals surface area contributed by atoms with E-state index in [9.17, 15) is 13.6 Å². The number of carbonyl (C=O) groups excluding carboxylic acids is 1. The molecule has 1 N–H and O–H groups in total. The molecule has 2 rings (SSSR count). The summed E-state index contributed by atoms with van der Waals surface area (Å²) in [6.45, 7) is 1.72. The molecule has 1 amide bonds. The predicted octanol–water partition coefficient (Wildman–Crippen LogP) is 3.02. The number of nitrogens with one attached hydrogen (secondary N) is 1. The lowest BCUT2D eigenvalue weighted by Crippen LogP contribution is -2.32. The molecule has 1 aliphatic carbocycles. The lowest BCUT2D eigenvalue weighted by Gasteiger charge is -2.11. The van der Waals surface area contributed by atoms with Gasteiger partial charge in [-0.05, 0) is 37.3 Å². The van der Waals surface area contributed by atoms with Crippen LogP contribution >= 0.6 is 11.6 Å². The van der Waals surface area contributed by atoms with E-state index in [0.29, 0.717) is 5.92 Å². The first-order chi connectivity index (χ1) is 8.50. The van der Waals surface area contributed by atoms with Crippen molar-refractivity contribution in [1.82, 2.24) is 5.32 Å². The van der Waals surface area contributed by atoms with E-state index >= 15 is 0 Å². The van der Waals surface area contributed by atoms with Crippen molar-refractivity contribution >= 4 is 17.5 Å². The summed E-state index contributed by atoms with van der Waals surface area (Å²) in [5, 5.41) is 2.32. The van der Waals surface area contributed by atoms with Crippen LogP contribution in [0.3, 0.4) is 0 Å². The summed E-state index contributed by atoms with van der Waals surface area (Å²) in [7, 11) is 0. The number of hydrogen-bond acceptors (Lipinski definition) is 1. The highest BCUT2D eigenvalue weighted by molar-refractivity contribution is 6.21. The Hall–Kier alpha value is -1.16. The van der Waals surface area contributed by atoms with E-state index in [0.717, 1.165) is 18.9 Å². The summed E-state index contributed by atoms with van der Waals surface area (Å²) in [4.78, 5) is 11.7. The number of amides is 1. The van der Waals surface area contributed by atoms with Gasteiger partial charge in [0.05, 0.1) is 5.38 Å². The molecule has 1 aromatic rings. The molecule has 0 saturated heterocycles. The fraction of sp³-hybridized carbons (Fsp3) is 0.462. The topological polar surface area (TPSA) is 29.1 Å². The maximum Gasteiger partial charge on any atom is 0.257 e. The van der Waals surface area contributed by atoms with Gasteiger partial charge in [0, 0.05) is 6.54 Å². The third kappa shape index (κ3) is 2.80. The molecule has 1 fully saturated rings. The fourth-order valence-corrected chi connectivity index (χ4v) is 2.10. The average Bonchev–Trinajstić information content (AvgIpc) is 3.15. The van der Waals surface area contributed by atoms with E-state index in [1.165, 1.54) is 13.0 Å². The van der Waals surface area contributed by atoms with Gasteiger partial charge in [0.15, 0.2) is 0 Å². The number of halogens is 3. The summed E-state index contributed by atoms with van der Waals surface area (Å²) in [5.74, 6) is -2.00. The zero-order valence-electron chi connectivity index (χ0n) is 9.97. The number of hydrogen-bond donors (Lipinski definition) is 1. The van der Waals surface area contributed by atoms with Crippen molar-refractivity contribution < 1.29 is 13.6 Å². The van der Waals surface area contributed by atoms with Crippen LogP contribution in [0.1, 0.15) is 28.8 Å². The molecule has 2 nitrogen and oxygen atoms in total. The van der Waals surface area contributed by atoms with Crippen LogP contribution in [0.4, 0.5) is 8.78 Å².